The Morgan fingerprint density at radius 1 is 0.587 bits per heavy atom. The zero-order chi connectivity index (χ0) is 32.2. The zero-order valence-corrected chi connectivity index (χ0v) is 28.6. The lowest BCUT2D eigenvalue weighted by Gasteiger charge is -2.01. The fourth-order valence-electron chi connectivity index (χ4n) is 4.73. The number of nitrogens with one attached hydrogen (secondary N) is 2. The number of para-hydroxylation sites is 2. The van der Waals surface area contributed by atoms with Gasteiger partial charge < -0.3 is 10.6 Å². The number of aromatic nitrogens is 4. The molecule has 2 N–H and O–H groups in total. The number of thiazole rings is 2. The first-order chi connectivity index (χ1) is 22.4. The normalized spacial score (nSPS) is 10.8. The van der Waals surface area contributed by atoms with Crippen molar-refractivity contribution in [1.29, 1.82) is 0 Å². The maximum atomic E-state index is 11.5. The number of hydrogen-bond acceptors (Lipinski definition) is 10. The van der Waals surface area contributed by atoms with Gasteiger partial charge in [0.15, 0.2) is 0 Å². The minimum Gasteiger partial charge on any atom is -0.317 e. The topological polar surface area (TPSA) is 110 Å². The van der Waals surface area contributed by atoms with Crippen molar-refractivity contribution in [3.8, 4) is 21.1 Å². The highest BCUT2D eigenvalue weighted by Gasteiger charge is 2.20. The van der Waals surface area contributed by atoms with Crippen LogP contribution in [0.2, 0.25) is 0 Å². The number of carbonyl (C=O) groups is 2. The summed E-state index contributed by atoms with van der Waals surface area (Å²) in [5, 5.41) is 10.2. The summed E-state index contributed by atoms with van der Waals surface area (Å²) >= 11 is 6.25. The van der Waals surface area contributed by atoms with Crippen LogP contribution in [0.5, 0.6) is 0 Å². The lowest BCUT2D eigenvalue weighted by atomic mass is 10.2. The summed E-state index contributed by atoms with van der Waals surface area (Å²) in [6.45, 7) is 7.03. The molecule has 0 saturated carbocycles. The fraction of sp³-hybridized carbons (Fsp3) is 0.118. The lowest BCUT2D eigenvalue weighted by Crippen LogP contribution is -2.04. The third-order valence-electron chi connectivity index (χ3n) is 6.51. The molecule has 8 nitrogen and oxygen atoms in total. The summed E-state index contributed by atoms with van der Waals surface area (Å²) in [5.74, 6) is -0.178. The Labute approximate surface area is 280 Å². The van der Waals surface area contributed by atoms with Gasteiger partial charge in [0.05, 0.1) is 41.8 Å². The molecule has 230 valence electrons. The van der Waals surface area contributed by atoms with Crippen LogP contribution in [-0.2, 0) is 9.59 Å². The standard InChI is InChI=1S/2C16H11N3OS2.C2H6/c1-9(20)18-15-13(10-5-4-8-17-14(10)22-15)16-19-11-6-2-3-7-12(11)21-16;1-9(20)18-15-13(14-12(22-15)7-4-8-17-14)16-19-10-5-2-3-6-11(10)21-16;1-2/h2*2-8H,1H3,(H,18,20);1-2H3. The Kier molecular flexibility index (Phi) is 9.41. The van der Waals surface area contributed by atoms with Crippen LogP contribution >= 0.6 is 45.3 Å². The second-order valence-electron chi connectivity index (χ2n) is 9.65. The van der Waals surface area contributed by atoms with Gasteiger partial charge in [-0.2, -0.15) is 0 Å². The molecule has 0 radical (unpaired) electrons. The summed E-state index contributed by atoms with van der Waals surface area (Å²) < 4.78 is 3.30. The summed E-state index contributed by atoms with van der Waals surface area (Å²) in [5.41, 5.74) is 4.70. The second-order valence-corrected chi connectivity index (χ2v) is 13.8. The van der Waals surface area contributed by atoms with Gasteiger partial charge in [0.2, 0.25) is 11.8 Å². The summed E-state index contributed by atoms with van der Waals surface area (Å²) in [7, 11) is 0. The van der Waals surface area contributed by atoms with Crippen molar-refractivity contribution in [2.45, 2.75) is 27.7 Å². The average Bonchev–Trinajstić information content (AvgIpc) is 3.83. The Hall–Kier alpha value is -4.62. The molecule has 0 aliphatic rings. The molecule has 6 aromatic heterocycles. The molecule has 0 fully saturated rings. The van der Waals surface area contributed by atoms with Crippen LogP contribution in [0.1, 0.15) is 27.7 Å². The van der Waals surface area contributed by atoms with E-state index < -0.39 is 0 Å². The van der Waals surface area contributed by atoms with E-state index >= 15 is 0 Å². The molecule has 2 amide bonds. The van der Waals surface area contributed by atoms with Gasteiger partial charge in [-0.3, -0.25) is 14.6 Å². The van der Waals surface area contributed by atoms with E-state index in [9.17, 15) is 9.59 Å². The SMILES string of the molecule is CC.CC(=O)Nc1sc2cccnc2c1-c1nc2ccccc2s1.CC(=O)Nc1sc2ncccc2c1-c1nc2ccccc2s1. The number of amides is 2. The van der Waals surface area contributed by atoms with Crippen LogP contribution in [0.15, 0.2) is 85.2 Å². The Bertz CT molecular complexity index is 2100. The zero-order valence-electron chi connectivity index (χ0n) is 25.3. The monoisotopic (exact) mass is 680 g/mol. The van der Waals surface area contributed by atoms with Crippen molar-refractivity contribution in [3.05, 3.63) is 85.2 Å². The van der Waals surface area contributed by atoms with Crippen LogP contribution in [0, 0.1) is 0 Å². The molecule has 0 atom stereocenters. The van der Waals surface area contributed by atoms with Crippen LogP contribution in [0.25, 0.3) is 62.0 Å². The largest absolute Gasteiger partial charge is 0.317 e. The van der Waals surface area contributed by atoms with E-state index in [1.807, 2.05) is 74.5 Å². The molecule has 12 heteroatoms. The minimum absolute atomic E-state index is 0.0890. The number of nitrogens with zero attached hydrogens (tertiary/aromatic N) is 4. The lowest BCUT2D eigenvalue weighted by molar-refractivity contribution is -0.115. The minimum atomic E-state index is -0.0890. The molecule has 0 aliphatic carbocycles. The fourth-order valence-corrected chi connectivity index (χ4v) is 9.10. The Morgan fingerprint density at radius 3 is 1.72 bits per heavy atom. The first-order valence-electron chi connectivity index (χ1n) is 14.5. The number of thiophene rings is 2. The number of rotatable bonds is 4. The maximum Gasteiger partial charge on any atom is 0.221 e. The number of pyridine rings is 2. The third-order valence-corrected chi connectivity index (χ3v) is 10.7. The molecule has 0 bridgehead atoms. The Balaban J connectivity index is 0.000000153. The summed E-state index contributed by atoms with van der Waals surface area (Å²) in [4.78, 5) is 42.2. The molecular formula is C34H28N6O2S4. The van der Waals surface area contributed by atoms with Gasteiger partial charge in [0.25, 0.3) is 0 Å². The van der Waals surface area contributed by atoms with Crippen molar-refractivity contribution in [1.82, 2.24) is 19.9 Å². The van der Waals surface area contributed by atoms with Gasteiger partial charge in [-0.25, -0.2) is 15.0 Å². The average molecular weight is 681 g/mol. The molecular weight excluding hydrogens is 653 g/mol. The van der Waals surface area contributed by atoms with Crippen molar-refractivity contribution in [2.75, 3.05) is 10.6 Å². The van der Waals surface area contributed by atoms with E-state index in [0.29, 0.717) is 0 Å². The van der Waals surface area contributed by atoms with Crippen LogP contribution in [-0.4, -0.2) is 31.8 Å². The smallest absolute Gasteiger partial charge is 0.221 e. The quantitative estimate of drug-likeness (QED) is 0.191. The molecule has 0 saturated heterocycles. The first-order valence-corrected chi connectivity index (χ1v) is 17.7. The molecule has 8 aromatic rings. The van der Waals surface area contributed by atoms with Crippen molar-refractivity contribution in [2.24, 2.45) is 0 Å². The van der Waals surface area contributed by atoms with Crippen LogP contribution in [0.4, 0.5) is 10.0 Å². The Morgan fingerprint density at radius 2 is 1.11 bits per heavy atom. The molecule has 0 aliphatic heterocycles. The van der Waals surface area contributed by atoms with Gasteiger partial charge in [0.1, 0.15) is 24.8 Å². The van der Waals surface area contributed by atoms with Gasteiger partial charge in [-0.1, -0.05) is 49.4 Å². The molecule has 2 aromatic carbocycles. The molecule has 8 rings (SSSR count). The predicted octanol–water partition coefficient (Wildman–Crippen LogP) is 10.1. The van der Waals surface area contributed by atoms with Gasteiger partial charge in [-0.05, 0) is 48.5 Å². The van der Waals surface area contributed by atoms with Crippen molar-refractivity contribution in [3.63, 3.8) is 0 Å². The highest BCUT2D eigenvalue weighted by molar-refractivity contribution is 7.26. The highest BCUT2D eigenvalue weighted by Crippen LogP contribution is 2.45. The maximum absolute atomic E-state index is 11.5. The number of benzene rings is 2. The van der Waals surface area contributed by atoms with E-state index in [1.54, 1.807) is 35.1 Å². The molecule has 0 unspecified atom stereocenters. The molecule has 46 heavy (non-hydrogen) atoms. The number of carbonyl (C=O) groups excluding carboxylic acids is 2. The third kappa shape index (κ3) is 6.38. The first kappa shape index (κ1) is 31.4. The molecule has 6 heterocycles. The van der Waals surface area contributed by atoms with Gasteiger partial charge in [-0.15, -0.1) is 34.0 Å². The number of anilines is 2. The predicted molar refractivity (Wildman–Crippen MR) is 196 cm³/mol. The van der Waals surface area contributed by atoms with Gasteiger partial charge in [0, 0.05) is 31.6 Å². The van der Waals surface area contributed by atoms with Gasteiger partial charge >= 0.3 is 0 Å². The van der Waals surface area contributed by atoms with Crippen LogP contribution < -0.4 is 10.6 Å². The summed E-state index contributed by atoms with van der Waals surface area (Å²) in [6, 6.07) is 23.9. The van der Waals surface area contributed by atoms with E-state index in [2.05, 4.69) is 32.7 Å². The summed E-state index contributed by atoms with van der Waals surface area (Å²) in [6.07, 6.45) is 3.53. The second kappa shape index (κ2) is 13.8. The van der Waals surface area contributed by atoms with Crippen LogP contribution in [0.3, 0.4) is 0 Å². The molecule has 0 spiro atoms. The van der Waals surface area contributed by atoms with Crippen molar-refractivity contribution >= 4 is 108 Å². The van der Waals surface area contributed by atoms with E-state index in [-0.39, 0.29) is 11.8 Å². The van der Waals surface area contributed by atoms with E-state index in [4.69, 9.17) is 9.97 Å². The number of hydrogen-bond donors (Lipinski definition) is 2. The number of fused-ring (bicyclic) bond motifs is 4. The van der Waals surface area contributed by atoms with Crippen molar-refractivity contribution < 1.29 is 9.59 Å². The highest BCUT2D eigenvalue weighted by atomic mass is 32.1. The van der Waals surface area contributed by atoms with E-state index in [1.165, 1.54) is 36.5 Å². The van der Waals surface area contributed by atoms with E-state index in [0.717, 1.165) is 72.0 Å².